The molecule has 5 heteroatoms. The predicted octanol–water partition coefficient (Wildman–Crippen LogP) is 3.53. The van der Waals surface area contributed by atoms with Gasteiger partial charge in [-0.1, -0.05) is 36.4 Å². The summed E-state index contributed by atoms with van der Waals surface area (Å²) in [4.78, 5) is 4.29. The highest BCUT2D eigenvalue weighted by molar-refractivity contribution is 5.79. The molecule has 0 fully saturated rings. The molecule has 5 nitrogen and oxygen atoms in total. The van der Waals surface area contributed by atoms with E-state index < -0.39 is 0 Å². The molecule has 0 bridgehead atoms. The Balaban J connectivity index is 1.77. The van der Waals surface area contributed by atoms with Crippen LogP contribution in [-0.4, -0.2) is 32.8 Å². The van der Waals surface area contributed by atoms with Gasteiger partial charge in [-0.2, -0.15) is 0 Å². The van der Waals surface area contributed by atoms with Crippen molar-refractivity contribution in [2.45, 2.75) is 39.5 Å². The Bertz CT molecular complexity index is 712. The lowest BCUT2D eigenvalue weighted by Gasteiger charge is -2.13. The quantitative estimate of drug-likeness (QED) is 0.524. The van der Waals surface area contributed by atoms with Crippen LogP contribution >= 0.6 is 0 Å². The second-order valence-electron chi connectivity index (χ2n) is 6.63. The minimum atomic E-state index is 0.237. The van der Waals surface area contributed by atoms with E-state index in [-0.39, 0.29) is 6.10 Å². The molecule has 0 amide bonds. The molecule has 0 saturated carbocycles. The van der Waals surface area contributed by atoms with Crippen LogP contribution in [0.5, 0.6) is 5.75 Å². The Morgan fingerprint density at radius 1 is 1.00 bits per heavy atom. The van der Waals surface area contributed by atoms with Crippen LogP contribution in [0, 0.1) is 0 Å². The number of guanidine groups is 1. The summed E-state index contributed by atoms with van der Waals surface area (Å²) in [7, 11) is 3.47. The zero-order valence-electron chi connectivity index (χ0n) is 16.8. The molecular weight excluding hydrogens is 338 g/mol. The fourth-order valence-corrected chi connectivity index (χ4v) is 2.62. The number of aliphatic imine (C=N–C) groups is 1. The molecule has 0 aliphatic rings. The highest BCUT2D eigenvalue weighted by atomic mass is 16.5. The van der Waals surface area contributed by atoms with Crippen LogP contribution in [-0.2, 0) is 24.3 Å². The van der Waals surface area contributed by atoms with Crippen molar-refractivity contribution < 1.29 is 9.47 Å². The Morgan fingerprint density at radius 2 is 1.74 bits per heavy atom. The van der Waals surface area contributed by atoms with Gasteiger partial charge in [0.1, 0.15) is 5.75 Å². The summed E-state index contributed by atoms with van der Waals surface area (Å²) in [5.41, 5.74) is 3.65. The largest absolute Gasteiger partial charge is 0.497 e. The molecular formula is C22H31N3O2. The number of hydrogen-bond acceptors (Lipinski definition) is 3. The fraction of sp³-hybridized carbons (Fsp3) is 0.409. The number of rotatable bonds is 9. The minimum absolute atomic E-state index is 0.237. The maximum absolute atomic E-state index is 5.67. The molecule has 2 rings (SSSR count). The van der Waals surface area contributed by atoms with E-state index in [1.807, 2.05) is 26.0 Å². The maximum Gasteiger partial charge on any atom is 0.191 e. The van der Waals surface area contributed by atoms with Crippen molar-refractivity contribution >= 4 is 5.96 Å². The Labute approximate surface area is 162 Å². The molecule has 0 unspecified atom stereocenters. The third-order valence-corrected chi connectivity index (χ3v) is 4.12. The van der Waals surface area contributed by atoms with Gasteiger partial charge in [0, 0.05) is 20.1 Å². The lowest BCUT2D eigenvalue weighted by molar-refractivity contribution is 0.0657. The van der Waals surface area contributed by atoms with Crippen molar-refractivity contribution in [2.75, 3.05) is 20.7 Å². The maximum atomic E-state index is 5.67. The smallest absolute Gasteiger partial charge is 0.191 e. The third-order valence-electron chi connectivity index (χ3n) is 4.12. The number of hydrogen-bond donors (Lipinski definition) is 2. The van der Waals surface area contributed by atoms with E-state index in [1.54, 1.807) is 14.2 Å². The normalized spacial score (nSPS) is 11.5. The zero-order valence-corrected chi connectivity index (χ0v) is 16.8. The molecule has 2 aromatic rings. The minimum Gasteiger partial charge on any atom is -0.497 e. The SMILES string of the molecule is CN=C(NCCc1ccc(OC)cc1)NCc1cccc(COC(C)C)c1. The van der Waals surface area contributed by atoms with Gasteiger partial charge in [-0.3, -0.25) is 4.99 Å². The molecule has 0 aliphatic heterocycles. The fourth-order valence-electron chi connectivity index (χ4n) is 2.62. The van der Waals surface area contributed by atoms with Crippen LogP contribution in [0.4, 0.5) is 0 Å². The Kier molecular flexibility index (Phi) is 8.65. The molecule has 0 saturated heterocycles. The summed E-state index contributed by atoms with van der Waals surface area (Å²) in [6.45, 7) is 6.27. The number of methoxy groups -OCH3 is 1. The van der Waals surface area contributed by atoms with Gasteiger partial charge in [-0.15, -0.1) is 0 Å². The van der Waals surface area contributed by atoms with E-state index >= 15 is 0 Å². The van der Waals surface area contributed by atoms with Crippen molar-refractivity contribution in [1.82, 2.24) is 10.6 Å². The van der Waals surface area contributed by atoms with Gasteiger partial charge < -0.3 is 20.1 Å². The van der Waals surface area contributed by atoms with E-state index in [0.29, 0.717) is 6.61 Å². The second kappa shape index (κ2) is 11.2. The van der Waals surface area contributed by atoms with Crippen LogP contribution in [0.1, 0.15) is 30.5 Å². The van der Waals surface area contributed by atoms with Crippen molar-refractivity contribution in [3.8, 4) is 5.75 Å². The number of nitrogens with one attached hydrogen (secondary N) is 2. The van der Waals surface area contributed by atoms with Gasteiger partial charge in [0.25, 0.3) is 0 Å². The van der Waals surface area contributed by atoms with Gasteiger partial charge in [0.05, 0.1) is 19.8 Å². The number of benzene rings is 2. The highest BCUT2D eigenvalue weighted by Gasteiger charge is 2.02. The van der Waals surface area contributed by atoms with Gasteiger partial charge >= 0.3 is 0 Å². The van der Waals surface area contributed by atoms with Crippen molar-refractivity contribution in [3.05, 3.63) is 65.2 Å². The second-order valence-corrected chi connectivity index (χ2v) is 6.63. The molecule has 146 valence electrons. The molecule has 0 atom stereocenters. The van der Waals surface area contributed by atoms with E-state index in [1.165, 1.54) is 16.7 Å². The lowest BCUT2D eigenvalue weighted by atomic mass is 10.1. The van der Waals surface area contributed by atoms with Gasteiger partial charge in [-0.25, -0.2) is 0 Å². The molecule has 2 aromatic carbocycles. The zero-order chi connectivity index (χ0) is 19.5. The Hall–Kier alpha value is -2.53. The summed E-state index contributed by atoms with van der Waals surface area (Å²) >= 11 is 0. The monoisotopic (exact) mass is 369 g/mol. The molecule has 0 aromatic heterocycles. The van der Waals surface area contributed by atoms with Crippen molar-refractivity contribution in [2.24, 2.45) is 4.99 Å². The lowest BCUT2D eigenvalue weighted by Crippen LogP contribution is -2.37. The van der Waals surface area contributed by atoms with Gasteiger partial charge in [0.15, 0.2) is 5.96 Å². The van der Waals surface area contributed by atoms with Crippen LogP contribution in [0.25, 0.3) is 0 Å². The topological polar surface area (TPSA) is 54.9 Å². The predicted molar refractivity (Wildman–Crippen MR) is 111 cm³/mol. The average Bonchev–Trinajstić information content (AvgIpc) is 2.69. The van der Waals surface area contributed by atoms with Crippen LogP contribution in [0.2, 0.25) is 0 Å². The van der Waals surface area contributed by atoms with Crippen LogP contribution in [0.15, 0.2) is 53.5 Å². The third kappa shape index (κ3) is 7.71. The Morgan fingerprint density at radius 3 is 2.41 bits per heavy atom. The summed E-state index contributed by atoms with van der Waals surface area (Å²) in [6, 6.07) is 16.6. The molecule has 27 heavy (non-hydrogen) atoms. The summed E-state index contributed by atoms with van der Waals surface area (Å²) in [6.07, 6.45) is 1.16. The standard InChI is InChI=1S/C22H31N3O2/c1-17(2)27-16-20-7-5-6-19(14-20)15-25-22(23-3)24-13-12-18-8-10-21(26-4)11-9-18/h5-11,14,17H,12-13,15-16H2,1-4H3,(H2,23,24,25). The van der Waals surface area contributed by atoms with Gasteiger partial charge in [-0.05, 0) is 49.1 Å². The summed E-state index contributed by atoms with van der Waals surface area (Å²) in [5, 5.41) is 6.71. The molecule has 0 aliphatic carbocycles. The van der Waals surface area contributed by atoms with Crippen molar-refractivity contribution in [3.63, 3.8) is 0 Å². The number of nitrogens with zero attached hydrogens (tertiary/aromatic N) is 1. The summed E-state index contributed by atoms with van der Waals surface area (Å²) in [5.74, 6) is 1.68. The first-order chi connectivity index (χ1) is 13.1. The molecule has 0 radical (unpaired) electrons. The van der Waals surface area contributed by atoms with E-state index in [9.17, 15) is 0 Å². The van der Waals surface area contributed by atoms with Crippen LogP contribution in [0.3, 0.4) is 0 Å². The average molecular weight is 370 g/mol. The van der Waals surface area contributed by atoms with Crippen molar-refractivity contribution in [1.29, 1.82) is 0 Å². The first-order valence-corrected chi connectivity index (χ1v) is 9.37. The first-order valence-electron chi connectivity index (χ1n) is 9.37. The van der Waals surface area contributed by atoms with E-state index in [0.717, 1.165) is 31.2 Å². The molecule has 0 heterocycles. The van der Waals surface area contributed by atoms with E-state index in [4.69, 9.17) is 9.47 Å². The first kappa shape index (κ1) is 20.8. The van der Waals surface area contributed by atoms with Crippen LogP contribution < -0.4 is 15.4 Å². The molecule has 0 spiro atoms. The number of ether oxygens (including phenoxy) is 2. The van der Waals surface area contributed by atoms with Gasteiger partial charge in [0.2, 0.25) is 0 Å². The molecule has 2 N–H and O–H groups in total. The van der Waals surface area contributed by atoms with E-state index in [2.05, 4.69) is 52.0 Å². The summed E-state index contributed by atoms with van der Waals surface area (Å²) < 4.78 is 10.9. The highest BCUT2D eigenvalue weighted by Crippen LogP contribution is 2.11.